The smallest absolute Gasteiger partial charge is 0.218 e. The Bertz CT molecular complexity index is 1200. The van der Waals surface area contributed by atoms with E-state index in [0.717, 1.165) is 11.1 Å². The van der Waals surface area contributed by atoms with E-state index in [1.807, 2.05) is 54.6 Å². The number of aromatic nitrogens is 1. The van der Waals surface area contributed by atoms with E-state index in [4.69, 9.17) is 23.7 Å². The van der Waals surface area contributed by atoms with Gasteiger partial charge in [-0.1, -0.05) is 36.3 Å². The molecule has 2 aromatic carbocycles. The zero-order valence-electron chi connectivity index (χ0n) is 20.8. The molecular formula is C29H30N2O6. The van der Waals surface area contributed by atoms with E-state index >= 15 is 0 Å². The highest BCUT2D eigenvalue weighted by atomic mass is 16.6. The van der Waals surface area contributed by atoms with Gasteiger partial charge in [0.1, 0.15) is 43.1 Å². The molecule has 8 nitrogen and oxygen atoms in total. The molecule has 0 bridgehead atoms. The first-order valence-electron chi connectivity index (χ1n) is 12.1. The lowest BCUT2D eigenvalue weighted by atomic mass is 10.2. The van der Waals surface area contributed by atoms with Gasteiger partial charge in [0, 0.05) is 24.6 Å². The quantitative estimate of drug-likeness (QED) is 0.336. The monoisotopic (exact) mass is 502 g/mol. The summed E-state index contributed by atoms with van der Waals surface area (Å²) in [6.07, 6.45) is -0.141. The lowest BCUT2D eigenvalue weighted by molar-refractivity contribution is -0.119. The summed E-state index contributed by atoms with van der Waals surface area (Å²) in [5.41, 5.74) is 2.39. The molecule has 192 valence electrons. The Morgan fingerprint density at radius 3 is 2.59 bits per heavy atom. The van der Waals surface area contributed by atoms with Crippen molar-refractivity contribution in [1.29, 1.82) is 0 Å². The SMILES string of the molecule is CC(=O)NCCOc1ccc(C#Cc2cc(OCc3ccccc3)cc(OCC3COCCO3)n2)cc1. The molecule has 0 spiro atoms. The van der Waals surface area contributed by atoms with Crippen molar-refractivity contribution in [3.05, 3.63) is 83.6 Å². The Kier molecular flexibility index (Phi) is 9.76. The Morgan fingerprint density at radius 1 is 1.00 bits per heavy atom. The van der Waals surface area contributed by atoms with E-state index in [1.165, 1.54) is 6.92 Å². The van der Waals surface area contributed by atoms with Gasteiger partial charge in [0.2, 0.25) is 11.8 Å². The summed E-state index contributed by atoms with van der Waals surface area (Å²) in [6.45, 7) is 4.71. The third kappa shape index (κ3) is 9.15. The zero-order chi connectivity index (χ0) is 25.7. The molecule has 1 aliphatic heterocycles. The molecule has 1 aliphatic rings. The number of carbonyl (C=O) groups excluding carboxylic acids is 1. The van der Waals surface area contributed by atoms with Crippen LogP contribution in [0.25, 0.3) is 0 Å². The first-order chi connectivity index (χ1) is 18.1. The normalized spacial score (nSPS) is 14.7. The van der Waals surface area contributed by atoms with Crippen LogP contribution in [0, 0.1) is 11.8 Å². The Morgan fingerprint density at radius 2 is 1.84 bits per heavy atom. The van der Waals surface area contributed by atoms with E-state index in [2.05, 4.69) is 22.1 Å². The second-order valence-corrected chi connectivity index (χ2v) is 8.29. The van der Waals surface area contributed by atoms with E-state index < -0.39 is 0 Å². The first kappa shape index (κ1) is 26.0. The number of benzene rings is 2. The summed E-state index contributed by atoms with van der Waals surface area (Å²) in [5.74, 6) is 7.86. The molecule has 1 N–H and O–H groups in total. The highest BCUT2D eigenvalue weighted by Crippen LogP contribution is 2.21. The summed E-state index contributed by atoms with van der Waals surface area (Å²) in [5, 5.41) is 2.69. The maximum atomic E-state index is 10.9. The molecule has 1 saturated heterocycles. The molecule has 3 aromatic rings. The van der Waals surface area contributed by atoms with Crippen LogP contribution < -0.4 is 19.5 Å². The third-order valence-electron chi connectivity index (χ3n) is 5.26. The van der Waals surface area contributed by atoms with Gasteiger partial charge < -0.3 is 29.0 Å². The van der Waals surface area contributed by atoms with Crippen molar-refractivity contribution >= 4 is 5.91 Å². The van der Waals surface area contributed by atoms with Crippen LogP contribution in [-0.2, 0) is 20.9 Å². The average molecular weight is 503 g/mol. The number of ether oxygens (including phenoxy) is 5. The van der Waals surface area contributed by atoms with Crippen LogP contribution >= 0.6 is 0 Å². The van der Waals surface area contributed by atoms with Crippen molar-refractivity contribution in [3.63, 3.8) is 0 Å². The molecular weight excluding hydrogens is 472 g/mol. The van der Waals surface area contributed by atoms with Gasteiger partial charge in [0.25, 0.3) is 0 Å². The molecule has 2 heterocycles. The number of amides is 1. The molecule has 1 unspecified atom stereocenters. The lowest BCUT2D eigenvalue weighted by Crippen LogP contribution is -2.33. The van der Waals surface area contributed by atoms with Crippen LogP contribution in [0.5, 0.6) is 17.4 Å². The van der Waals surface area contributed by atoms with Crippen LogP contribution in [0.4, 0.5) is 0 Å². The number of carbonyl (C=O) groups is 1. The fourth-order valence-electron chi connectivity index (χ4n) is 3.42. The second kappa shape index (κ2) is 13.9. The Hall–Kier alpha value is -4.06. The van der Waals surface area contributed by atoms with Crippen LogP contribution in [0.1, 0.15) is 23.7 Å². The molecule has 1 amide bonds. The number of nitrogens with zero attached hydrogens (tertiary/aromatic N) is 1. The molecule has 0 saturated carbocycles. The van der Waals surface area contributed by atoms with Crippen molar-refractivity contribution in [2.75, 3.05) is 39.6 Å². The first-order valence-corrected chi connectivity index (χ1v) is 12.1. The van der Waals surface area contributed by atoms with Crippen LogP contribution in [0.2, 0.25) is 0 Å². The fourth-order valence-corrected chi connectivity index (χ4v) is 3.42. The third-order valence-corrected chi connectivity index (χ3v) is 5.26. The van der Waals surface area contributed by atoms with Gasteiger partial charge in [0.05, 0.1) is 26.4 Å². The number of rotatable bonds is 10. The van der Waals surface area contributed by atoms with Crippen LogP contribution in [0.3, 0.4) is 0 Å². The van der Waals surface area contributed by atoms with Gasteiger partial charge in [-0.2, -0.15) is 0 Å². The van der Waals surface area contributed by atoms with Crippen molar-refractivity contribution < 1.29 is 28.5 Å². The van der Waals surface area contributed by atoms with E-state index in [9.17, 15) is 4.79 Å². The van der Waals surface area contributed by atoms with E-state index in [0.29, 0.717) is 69.3 Å². The topological polar surface area (TPSA) is 88.1 Å². The molecule has 0 radical (unpaired) electrons. The summed E-state index contributed by atoms with van der Waals surface area (Å²) in [4.78, 5) is 15.5. The maximum Gasteiger partial charge on any atom is 0.218 e. The van der Waals surface area contributed by atoms with Crippen LogP contribution in [-0.4, -0.2) is 56.6 Å². The van der Waals surface area contributed by atoms with E-state index in [1.54, 1.807) is 12.1 Å². The van der Waals surface area contributed by atoms with Gasteiger partial charge in [-0.25, -0.2) is 4.98 Å². The highest BCUT2D eigenvalue weighted by Gasteiger charge is 2.16. The number of hydrogen-bond donors (Lipinski definition) is 1. The van der Waals surface area contributed by atoms with Crippen LogP contribution in [0.15, 0.2) is 66.7 Å². The minimum absolute atomic E-state index is 0.0812. The number of nitrogens with one attached hydrogen (secondary N) is 1. The van der Waals surface area contributed by atoms with Gasteiger partial charge in [-0.05, 0) is 35.7 Å². The standard InChI is InChI=1S/C29H30N2O6/c1-22(32)30-13-14-34-26-11-8-23(9-12-26)7-10-25-17-27(36-19-24-5-3-2-4-6-24)18-29(31-25)37-21-28-20-33-15-16-35-28/h2-6,8-9,11-12,17-18,28H,13-16,19-21H2,1H3,(H,30,32). The minimum atomic E-state index is -0.141. The average Bonchev–Trinajstić information content (AvgIpc) is 2.94. The number of hydrogen-bond acceptors (Lipinski definition) is 7. The van der Waals surface area contributed by atoms with Crippen molar-refractivity contribution in [2.45, 2.75) is 19.6 Å². The van der Waals surface area contributed by atoms with Gasteiger partial charge in [-0.3, -0.25) is 4.79 Å². The molecule has 1 atom stereocenters. The van der Waals surface area contributed by atoms with Crippen molar-refractivity contribution in [2.24, 2.45) is 0 Å². The molecule has 4 rings (SSSR count). The Labute approximate surface area is 216 Å². The molecule has 37 heavy (non-hydrogen) atoms. The molecule has 1 aromatic heterocycles. The number of pyridine rings is 1. The summed E-state index contributed by atoms with van der Waals surface area (Å²) < 4.78 is 28.6. The molecule has 0 aliphatic carbocycles. The largest absolute Gasteiger partial charge is 0.492 e. The summed E-state index contributed by atoms with van der Waals surface area (Å²) in [6, 6.07) is 20.9. The Balaban J connectivity index is 1.42. The predicted octanol–water partition coefficient (Wildman–Crippen LogP) is 3.37. The minimum Gasteiger partial charge on any atom is -0.492 e. The molecule has 8 heteroatoms. The fraction of sp³-hybridized carbons (Fsp3) is 0.310. The van der Waals surface area contributed by atoms with Gasteiger partial charge in [-0.15, -0.1) is 0 Å². The summed E-state index contributed by atoms with van der Waals surface area (Å²) in [7, 11) is 0. The van der Waals surface area contributed by atoms with E-state index in [-0.39, 0.29) is 12.0 Å². The lowest BCUT2D eigenvalue weighted by Gasteiger charge is -2.22. The van der Waals surface area contributed by atoms with Crippen molar-refractivity contribution in [1.82, 2.24) is 10.3 Å². The summed E-state index contributed by atoms with van der Waals surface area (Å²) >= 11 is 0. The zero-order valence-corrected chi connectivity index (χ0v) is 20.8. The predicted molar refractivity (Wildman–Crippen MR) is 138 cm³/mol. The second-order valence-electron chi connectivity index (χ2n) is 8.29. The highest BCUT2D eigenvalue weighted by molar-refractivity contribution is 5.72. The van der Waals surface area contributed by atoms with Gasteiger partial charge in [0.15, 0.2) is 0 Å². The maximum absolute atomic E-state index is 10.9. The molecule has 1 fully saturated rings. The van der Waals surface area contributed by atoms with Gasteiger partial charge >= 0.3 is 0 Å². The van der Waals surface area contributed by atoms with Crippen molar-refractivity contribution in [3.8, 4) is 29.2 Å².